The van der Waals surface area contributed by atoms with Crippen molar-refractivity contribution in [2.75, 3.05) is 7.05 Å². The van der Waals surface area contributed by atoms with E-state index in [1.54, 1.807) is 0 Å². The number of rotatable bonds is 0. The maximum absolute atomic E-state index is 9.26. The van der Waals surface area contributed by atoms with Gasteiger partial charge in [0.1, 0.15) is 11.4 Å². The molecule has 0 aromatic heterocycles. The van der Waals surface area contributed by atoms with Crippen LogP contribution in [0.25, 0.3) is 0 Å². The Kier molecular flexibility index (Phi) is 3.77. The maximum atomic E-state index is 9.26. The van der Waals surface area contributed by atoms with Crippen LogP contribution in [-0.4, -0.2) is 23.8 Å². The number of hydrogen-bond donors (Lipinski definition) is 2. The molecule has 0 saturated heterocycles. The molecular formula is C12H17NO3. The van der Waals surface area contributed by atoms with Crippen molar-refractivity contribution in [1.29, 1.82) is 0 Å². The van der Waals surface area contributed by atoms with Gasteiger partial charge >= 0.3 is 6.09 Å². The first kappa shape index (κ1) is 12.4. The number of carbonyl (C=O) groups is 1. The summed E-state index contributed by atoms with van der Waals surface area (Å²) in [4.78, 5) is 9.26. The van der Waals surface area contributed by atoms with E-state index in [0.717, 1.165) is 12.2 Å². The fraction of sp³-hybridized carbons (Fsp3) is 0.417. The topological polar surface area (TPSA) is 58.6 Å². The van der Waals surface area contributed by atoms with Gasteiger partial charge in [0.2, 0.25) is 0 Å². The van der Waals surface area contributed by atoms with Crippen molar-refractivity contribution in [3.8, 4) is 5.75 Å². The van der Waals surface area contributed by atoms with Crippen LogP contribution >= 0.6 is 0 Å². The molecule has 1 aliphatic heterocycles. The molecule has 4 heteroatoms. The molecule has 1 amide bonds. The van der Waals surface area contributed by atoms with E-state index < -0.39 is 6.09 Å². The van der Waals surface area contributed by atoms with Gasteiger partial charge in [0, 0.05) is 13.5 Å². The molecule has 1 aromatic carbocycles. The van der Waals surface area contributed by atoms with Crippen LogP contribution in [0.15, 0.2) is 24.3 Å². The van der Waals surface area contributed by atoms with Crippen molar-refractivity contribution in [3.05, 3.63) is 29.8 Å². The summed E-state index contributed by atoms with van der Waals surface area (Å²) in [7, 11) is 1.35. The molecule has 1 heterocycles. The largest absolute Gasteiger partial charge is 0.487 e. The molecule has 4 nitrogen and oxygen atoms in total. The second kappa shape index (κ2) is 4.88. The zero-order valence-electron chi connectivity index (χ0n) is 9.78. The molecule has 0 bridgehead atoms. The third-order valence-electron chi connectivity index (χ3n) is 2.19. The monoisotopic (exact) mass is 223 g/mol. The van der Waals surface area contributed by atoms with Gasteiger partial charge in [-0.1, -0.05) is 18.2 Å². The Labute approximate surface area is 95.2 Å². The van der Waals surface area contributed by atoms with Crippen molar-refractivity contribution in [2.45, 2.75) is 25.9 Å². The summed E-state index contributed by atoms with van der Waals surface area (Å²) in [5, 5.41) is 9.56. The minimum atomic E-state index is -0.995. The van der Waals surface area contributed by atoms with Crippen molar-refractivity contribution in [2.24, 2.45) is 0 Å². The Morgan fingerprint density at radius 1 is 1.44 bits per heavy atom. The van der Waals surface area contributed by atoms with Gasteiger partial charge in [-0.15, -0.1) is 0 Å². The molecule has 0 aliphatic carbocycles. The Balaban J connectivity index is 0.000000221. The van der Waals surface area contributed by atoms with E-state index in [-0.39, 0.29) is 5.60 Å². The Hall–Kier alpha value is -1.71. The molecule has 1 aliphatic rings. The molecule has 0 saturated carbocycles. The number of para-hydroxylation sites is 1. The Morgan fingerprint density at radius 3 is 2.50 bits per heavy atom. The minimum absolute atomic E-state index is 0.00366. The number of hydrogen-bond acceptors (Lipinski definition) is 2. The summed E-state index contributed by atoms with van der Waals surface area (Å²) in [5.74, 6) is 1.05. The molecule has 88 valence electrons. The number of fused-ring (bicyclic) bond motifs is 1. The highest BCUT2D eigenvalue weighted by atomic mass is 16.5. The summed E-state index contributed by atoms with van der Waals surface area (Å²) in [6.45, 7) is 4.24. The highest BCUT2D eigenvalue weighted by Crippen LogP contribution is 2.33. The lowest BCUT2D eigenvalue weighted by molar-refractivity contribution is 0.138. The minimum Gasteiger partial charge on any atom is -0.487 e. The average Bonchev–Trinajstić information content (AvgIpc) is 2.52. The van der Waals surface area contributed by atoms with E-state index in [9.17, 15) is 4.79 Å². The van der Waals surface area contributed by atoms with Crippen molar-refractivity contribution in [3.63, 3.8) is 0 Å². The highest BCUT2D eigenvalue weighted by Gasteiger charge is 2.28. The van der Waals surface area contributed by atoms with E-state index in [2.05, 4.69) is 26.0 Å². The molecule has 0 radical (unpaired) electrons. The summed E-state index contributed by atoms with van der Waals surface area (Å²) in [6.07, 6.45) is 0.0356. The zero-order valence-corrected chi connectivity index (χ0v) is 9.78. The summed E-state index contributed by atoms with van der Waals surface area (Å²) >= 11 is 0. The van der Waals surface area contributed by atoms with Crippen LogP contribution in [0, 0.1) is 0 Å². The zero-order chi connectivity index (χ0) is 12.2. The molecule has 0 atom stereocenters. The van der Waals surface area contributed by atoms with Crippen molar-refractivity contribution >= 4 is 6.09 Å². The first-order valence-corrected chi connectivity index (χ1v) is 5.12. The smallest absolute Gasteiger partial charge is 0.404 e. The lowest BCUT2D eigenvalue weighted by atomic mass is 10.0. The summed E-state index contributed by atoms with van der Waals surface area (Å²) in [6, 6.07) is 8.23. The van der Waals surface area contributed by atoms with Gasteiger partial charge in [0.15, 0.2) is 0 Å². The number of benzene rings is 1. The first-order chi connectivity index (χ1) is 7.44. The second-order valence-corrected chi connectivity index (χ2v) is 4.20. The van der Waals surface area contributed by atoms with Crippen molar-refractivity contribution < 1.29 is 14.6 Å². The van der Waals surface area contributed by atoms with Gasteiger partial charge < -0.3 is 15.2 Å². The number of nitrogens with one attached hydrogen (secondary N) is 1. The number of ether oxygens (including phenoxy) is 1. The van der Waals surface area contributed by atoms with Gasteiger partial charge in [-0.25, -0.2) is 4.79 Å². The third kappa shape index (κ3) is 3.46. The fourth-order valence-electron chi connectivity index (χ4n) is 1.54. The lowest BCUT2D eigenvalue weighted by Gasteiger charge is -2.16. The highest BCUT2D eigenvalue weighted by molar-refractivity contribution is 5.63. The summed E-state index contributed by atoms with van der Waals surface area (Å²) < 4.78 is 5.69. The van der Waals surface area contributed by atoms with Gasteiger partial charge in [-0.2, -0.15) is 0 Å². The van der Waals surface area contributed by atoms with Crippen LogP contribution in [0.5, 0.6) is 5.75 Å². The van der Waals surface area contributed by atoms with Gasteiger partial charge in [0.25, 0.3) is 0 Å². The van der Waals surface area contributed by atoms with E-state index >= 15 is 0 Å². The van der Waals surface area contributed by atoms with Gasteiger partial charge in [-0.05, 0) is 25.5 Å². The molecule has 0 unspecified atom stereocenters. The molecule has 1 aromatic rings. The summed E-state index contributed by atoms with van der Waals surface area (Å²) in [5.41, 5.74) is 1.33. The van der Waals surface area contributed by atoms with Crippen LogP contribution in [0.2, 0.25) is 0 Å². The van der Waals surface area contributed by atoms with E-state index in [0.29, 0.717) is 0 Å². The lowest BCUT2D eigenvalue weighted by Crippen LogP contribution is -2.24. The van der Waals surface area contributed by atoms with Gasteiger partial charge in [0.05, 0.1) is 0 Å². The molecule has 0 spiro atoms. The second-order valence-electron chi connectivity index (χ2n) is 4.20. The number of amides is 1. The third-order valence-corrected chi connectivity index (χ3v) is 2.19. The normalized spacial score (nSPS) is 15.2. The van der Waals surface area contributed by atoms with E-state index in [4.69, 9.17) is 9.84 Å². The fourth-order valence-corrected chi connectivity index (χ4v) is 1.54. The molecule has 2 rings (SSSR count). The first-order valence-electron chi connectivity index (χ1n) is 5.12. The van der Waals surface area contributed by atoms with Crippen molar-refractivity contribution in [1.82, 2.24) is 5.32 Å². The predicted octanol–water partition coefficient (Wildman–Crippen LogP) is 2.28. The van der Waals surface area contributed by atoms with Crippen LogP contribution < -0.4 is 10.1 Å². The van der Waals surface area contributed by atoms with Crippen LogP contribution in [0.4, 0.5) is 4.79 Å². The van der Waals surface area contributed by atoms with Crippen LogP contribution in [0.1, 0.15) is 19.4 Å². The van der Waals surface area contributed by atoms with Gasteiger partial charge in [-0.3, -0.25) is 0 Å². The molecule has 16 heavy (non-hydrogen) atoms. The quantitative estimate of drug-likeness (QED) is 0.709. The molecule has 2 N–H and O–H groups in total. The Bertz CT molecular complexity index is 347. The Morgan fingerprint density at radius 2 is 2.00 bits per heavy atom. The number of carboxylic acid groups (broad SMARTS) is 1. The van der Waals surface area contributed by atoms with E-state index in [1.165, 1.54) is 12.6 Å². The maximum Gasteiger partial charge on any atom is 0.404 e. The predicted molar refractivity (Wildman–Crippen MR) is 61.9 cm³/mol. The molecule has 0 fully saturated rings. The van der Waals surface area contributed by atoms with Crippen LogP contribution in [0.3, 0.4) is 0 Å². The van der Waals surface area contributed by atoms with E-state index in [1.807, 2.05) is 17.4 Å². The average molecular weight is 223 g/mol. The standard InChI is InChI=1S/C10H12O.C2H5NO2/c1-10(2)7-8-5-3-4-6-9(8)11-10;1-3-2(4)5/h3-6H,7H2,1-2H3;3H,1H3,(H,4,5). The van der Waals surface area contributed by atoms with Crippen LogP contribution in [-0.2, 0) is 6.42 Å². The molecular weight excluding hydrogens is 206 g/mol. The SMILES string of the molecule is CC1(C)Cc2ccccc2O1.CNC(=O)O.